The van der Waals surface area contributed by atoms with Gasteiger partial charge in [-0.25, -0.2) is 0 Å². The average Bonchev–Trinajstić information content (AvgIpc) is 2.50. The van der Waals surface area contributed by atoms with Crippen molar-refractivity contribution in [3.63, 3.8) is 0 Å². The summed E-state index contributed by atoms with van der Waals surface area (Å²) >= 11 is 1.57. The normalized spacial score (nSPS) is 12.5. The highest BCUT2D eigenvalue weighted by Crippen LogP contribution is 2.23. The van der Waals surface area contributed by atoms with Gasteiger partial charge in [0.1, 0.15) is 0 Å². The van der Waals surface area contributed by atoms with E-state index in [1.54, 1.807) is 11.3 Å². The molecule has 11 heavy (non-hydrogen) atoms. The van der Waals surface area contributed by atoms with Crippen LogP contribution in [-0.2, 0) is 0 Å². The van der Waals surface area contributed by atoms with Crippen LogP contribution in [0.4, 0.5) is 0 Å². The van der Waals surface area contributed by atoms with Crippen LogP contribution >= 0.6 is 11.3 Å². The number of terminal acetylenes is 1. The van der Waals surface area contributed by atoms with Gasteiger partial charge in [0.2, 0.25) is 0 Å². The Morgan fingerprint density at radius 2 is 2.45 bits per heavy atom. The van der Waals surface area contributed by atoms with Crippen LogP contribution in [0.2, 0.25) is 0 Å². The van der Waals surface area contributed by atoms with E-state index in [1.807, 2.05) is 19.1 Å². The molecule has 0 aliphatic heterocycles. The fourth-order valence-electron chi connectivity index (χ4n) is 0.785. The highest BCUT2D eigenvalue weighted by molar-refractivity contribution is 7.12. The number of aliphatic hydroxyl groups is 1. The first-order valence-corrected chi connectivity index (χ1v) is 4.26. The van der Waals surface area contributed by atoms with Gasteiger partial charge in [-0.1, -0.05) is 12.8 Å². The van der Waals surface area contributed by atoms with Gasteiger partial charge in [-0.3, -0.25) is 0 Å². The van der Waals surface area contributed by atoms with Gasteiger partial charge >= 0.3 is 0 Å². The average molecular weight is 166 g/mol. The molecule has 0 saturated heterocycles. The van der Waals surface area contributed by atoms with Crippen molar-refractivity contribution in [2.45, 2.75) is 12.8 Å². The maximum Gasteiger partial charge on any atom is 0.0768 e. The molecule has 0 spiro atoms. The van der Waals surface area contributed by atoms with Gasteiger partial charge in [-0.2, -0.15) is 0 Å². The summed E-state index contributed by atoms with van der Waals surface area (Å²) in [7, 11) is 0. The van der Waals surface area contributed by atoms with Crippen LogP contribution in [0.15, 0.2) is 12.1 Å². The largest absolute Gasteiger partial charge is 0.396 e. The van der Waals surface area contributed by atoms with Crippen LogP contribution < -0.4 is 0 Å². The van der Waals surface area contributed by atoms with Gasteiger partial charge in [-0.15, -0.1) is 17.8 Å². The predicted molar refractivity (Wildman–Crippen MR) is 47.8 cm³/mol. The van der Waals surface area contributed by atoms with Crippen molar-refractivity contribution >= 4 is 11.3 Å². The molecule has 1 aromatic heterocycles. The fourth-order valence-corrected chi connectivity index (χ4v) is 1.65. The molecule has 1 atom stereocenters. The first-order valence-electron chi connectivity index (χ1n) is 3.45. The van der Waals surface area contributed by atoms with Crippen LogP contribution in [0.25, 0.3) is 0 Å². The lowest BCUT2D eigenvalue weighted by molar-refractivity contribution is 0.274. The summed E-state index contributed by atoms with van der Waals surface area (Å²) in [5.41, 5.74) is 0. The second-order valence-electron chi connectivity index (χ2n) is 2.43. The molecule has 58 valence electrons. The predicted octanol–water partition coefficient (Wildman–Crippen LogP) is 1.83. The van der Waals surface area contributed by atoms with Gasteiger partial charge < -0.3 is 5.11 Å². The minimum absolute atomic E-state index is 0.185. The fraction of sp³-hybridized carbons (Fsp3) is 0.333. The Morgan fingerprint density at radius 3 is 2.91 bits per heavy atom. The van der Waals surface area contributed by atoms with Gasteiger partial charge in [-0.05, 0) is 12.1 Å². The molecule has 0 aromatic carbocycles. The SMILES string of the molecule is C#Cc1ccc(C(C)CO)s1. The van der Waals surface area contributed by atoms with E-state index in [2.05, 4.69) is 5.92 Å². The Morgan fingerprint density at radius 1 is 1.73 bits per heavy atom. The zero-order chi connectivity index (χ0) is 8.27. The van der Waals surface area contributed by atoms with E-state index in [0.29, 0.717) is 0 Å². The quantitative estimate of drug-likeness (QED) is 0.664. The van der Waals surface area contributed by atoms with Crippen molar-refractivity contribution in [1.29, 1.82) is 0 Å². The highest BCUT2D eigenvalue weighted by Gasteiger charge is 2.05. The molecule has 1 rings (SSSR count). The van der Waals surface area contributed by atoms with Crippen LogP contribution in [-0.4, -0.2) is 11.7 Å². The molecule has 1 nitrogen and oxygen atoms in total. The molecule has 2 heteroatoms. The summed E-state index contributed by atoms with van der Waals surface area (Å²) in [4.78, 5) is 2.08. The molecule has 1 heterocycles. The van der Waals surface area contributed by atoms with Gasteiger partial charge in [0.15, 0.2) is 0 Å². The minimum Gasteiger partial charge on any atom is -0.396 e. The van der Waals surface area contributed by atoms with Gasteiger partial charge in [0.25, 0.3) is 0 Å². The van der Waals surface area contributed by atoms with Crippen molar-refractivity contribution in [1.82, 2.24) is 0 Å². The van der Waals surface area contributed by atoms with E-state index >= 15 is 0 Å². The Hall–Kier alpha value is -0.780. The summed E-state index contributed by atoms with van der Waals surface area (Å²) in [6.07, 6.45) is 5.20. The molecule has 0 saturated carbocycles. The zero-order valence-electron chi connectivity index (χ0n) is 6.37. The van der Waals surface area contributed by atoms with Crippen LogP contribution in [0.3, 0.4) is 0 Å². The number of thiophene rings is 1. The van der Waals surface area contributed by atoms with Crippen LogP contribution in [0, 0.1) is 12.3 Å². The Labute approximate surface area is 70.7 Å². The number of hydrogen-bond donors (Lipinski definition) is 1. The summed E-state index contributed by atoms with van der Waals surface area (Å²) in [5, 5.41) is 8.83. The van der Waals surface area contributed by atoms with Gasteiger partial charge in [0, 0.05) is 10.8 Å². The molecule has 0 radical (unpaired) electrons. The smallest absolute Gasteiger partial charge is 0.0768 e. The second kappa shape index (κ2) is 3.56. The van der Waals surface area contributed by atoms with Crippen LogP contribution in [0.1, 0.15) is 22.6 Å². The molecular formula is C9H10OS. The van der Waals surface area contributed by atoms with Crippen LogP contribution in [0.5, 0.6) is 0 Å². The molecule has 0 fully saturated rings. The monoisotopic (exact) mass is 166 g/mol. The maximum atomic E-state index is 8.83. The molecule has 1 N–H and O–H groups in total. The lowest BCUT2D eigenvalue weighted by atomic mass is 10.1. The van der Waals surface area contributed by atoms with Crippen molar-refractivity contribution < 1.29 is 5.11 Å². The maximum absolute atomic E-state index is 8.83. The van der Waals surface area contributed by atoms with Crippen molar-refractivity contribution in [3.05, 3.63) is 21.9 Å². The summed E-state index contributed by atoms with van der Waals surface area (Å²) in [6, 6.07) is 3.88. The van der Waals surface area contributed by atoms with Crippen molar-refractivity contribution in [2.24, 2.45) is 0 Å². The second-order valence-corrected chi connectivity index (χ2v) is 3.55. The van der Waals surface area contributed by atoms with Crippen molar-refractivity contribution in [3.8, 4) is 12.3 Å². The van der Waals surface area contributed by atoms with E-state index in [4.69, 9.17) is 11.5 Å². The third-order valence-corrected chi connectivity index (χ3v) is 2.78. The molecular weight excluding hydrogens is 156 g/mol. The van der Waals surface area contributed by atoms with Crippen molar-refractivity contribution in [2.75, 3.05) is 6.61 Å². The molecule has 0 bridgehead atoms. The van der Waals surface area contributed by atoms with E-state index in [1.165, 1.54) is 0 Å². The standard InChI is InChI=1S/C9H10OS/c1-3-8-4-5-9(11-8)7(2)6-10/h1,4-5,7,10H,6H2,2H3. The Balaban J connectivity index is 2.82. The molecule has 1 aromatic rings. The topological polar surface area (TPSA) is 20.2 Å². The summed E-state index contributed by atoms with van der Waals surface area (Å²) in [6.45, 7) is 2.16. The third kappa shape index (κ3) is 1.83. The Kier molecular flexibility index (Phi) is 2.70. The number of aliphatic hydroxyl groups excluding tert-OH is 1. The lowest BCUT2D eigenvalue weighted by Gasteiger charge is -2.01. The van der Waals surface area contributed by atoms with Gasteiger partial charge in [0.05, 0.1) is 11.5 Å². The molecule has 0 aliphatic carbocycles. The number of rotatable bonds is 2. The summed E-state index contributed by atoms with van der Waals surface area (Å²) in [5.74, 6) is 2.77. The first kappa shape index (κ1) is 8.32. The first-order chi connectivity index (χ1) is 5.27. The third-order valence-electron chi connectivity index (χ3n) is 1.53. The minimum atomic E-state index is 0.185. The van der Waals surface area contributed by atoms with E-state index in [0.717, 1.165) is 9.75 Å². The molecule has 0 aliphatic rings. The Bertz CT molecular complexity index is 269. The number of hydrogen-bond acceptors (Lipinski definition) is 2. The van der Waals surface area contributed by atoms with E-state index in [9.17, 15) is 0 Å². The zero-order valence-corrected chi connectivity index (χ0v) is 7.19. The van der Waals surface area contributed by atoms with E-state index in [-0.39, 0.29) is 12.5 Å². The summed E-state index contributed by atoms with van der Waals surface area (Å²) < 4.78 is 0. The molecule has 0 amide bonds. The highest BCUT2D eigenvalue weighted by atomic mass is 32.1. The lowest BCUT2D eigenvalue weighted by Crippen LogP contribution is -1.94. The molecule has 1 unspecified atom stereocenters. The van der Waals surface area contributed by atoms with E-state index < -0.39 is 0 Å².